The number of rotatable bonds is 5. The van der Waals surface area contributed by atoms with E-state index in [1.54, 1.807) is 25.3 Å². The maximum atomic E-state index is 9.06. The van der Waals surface area contributed by atoms with Gasteiger partial charge in [0.15, 0.2) is 0 Å². The number of benzene rings is 1. The van der Waals surface area contributed by atoms with Crippen molar-refractivity contribution in [1.82, 2.24) is 0 Å². The van der Waals surface area contributed by atoms with Crippen LogP contribution < -0.4 is 11.1 Å². The summed E-state index contributed by atoms with van der Waals surface area (Å²) in [5, 5.41) is 12.6. The number of aliphatic hydroxyl groups is 1. The van der Waals surface area contributed by atoms with Crippen molar-refractivity contribution in [2.45, 2.75) is 6.04 Å². The number of hydrogen-bond acceptors (Lipinski definition) is 4. The number of hydrogen-bond donors (Lipinski definition) is 3. The van der Waals surface area contributed by atoms with Crippen molar-refractivity contribution >= 4 is 23.0 Å². The molecule has 1 aromatic carbocycles. The number of methoxy groups -OCH3 is 1. The number of aliphatic hydroxyl groups excluding tert-OH is 1. The Kier molecular flexibility index (Phi) is 4.68. The summed E-state index contributed by atoms with van der Waals surface area (Å²) in [6.07, 6.45) is 0. The molecule has 0 radical (unpaired) electrons. The van der Waals surface area contributed by atoms with Gasteiger partial charge in [-0.25, -0.2) is 0 Å². The maximum Gasteiger partial charge on any atom is 0.0739 e. The van der Waals surface area contributed by atoms with Gasteiger partial charge < -0.3 is 20.9 Å². The Bertz CT molecular complexity index is 320. The van der Waals surface area contributed by atoms with Crippen LogP contribution in [0.15, 0.2) is 18.2 Å². The highest BCUT2D eigenvalue weighted by Crippen LogP contribution is 2.27. The molecule has 0 aliphatic rings. The van der Waals surface area contributed by atoms with Gasteiger partial charge in [-0.15, -0.1) is 0 Å². The standard InChI is InChI=1S/C10H15ClN2O2/c1-15-6-7(5-14)13-9-4-2-3-8(11)10(9)12/h2-4,7,13-14H,5-6,12H2,1H3. The fourth-order valence-corrected chi connectivity index (χ4v) is 1.40. The summed E-state index contributed by atoms with van der Waals surface area (Å²) in [5.74, 6) is 0. The molecule has 15 heavy (non-hydrogen) atoms. The van der Waals surface area contributed by atoms with Gasteiger partial charge in [-0.1, -0.05) is 17.7 Å². The number of para-hydroxylation sites is 1. The van der Waals surface area contributed by atoms with Crippen LogP contribution in [0.5, 0.6) is 0 Å². The Morgan fingerprint density at radius 2 is 2.33 bits per heavy atom. The first-order valence-electron chi connectivity index (χ1n) is 4.59. The molecule has 0 heterocycles. The van der Waals surface area contributed by atoms with Gasteiger partial charge >= 0.3 is 0 Å². The van der Waals surface area contributed by atoms with Gasteiger partial charge in [0.1, 0.15) is 0 Å². The molecule has 0 amide bonds. The minimum atomic E-state index is -0.184. The van der Waals surface area contributed by atoms with Crippen LogP contribution >= 0.6 is 11.6 Å². The highest BCUT2D eigenvalue weighted by molar-refractivity contribution is 6.33. The van der Waals surface area contributed by atoms with Gasteiger partial charge in [0.2, 0.25) is 0 Å². The molecule has 84 valence electrons. The predicted octanol–water partition coefficient (Wildman–Crippen LogP) is 1.34. The third-order valence-corrected chi connectivity index (χ3v) is 2.33. The molecule has 0 fully saturated rings. The third-order valence-electron chi connectivity index (χ3n) is 2.00. The van der Waals surface area contributed by atoms with Crippen LogP contribution in [-0.4, -0.2) is 31.5 Å². The molecule has 0 bridgehead atoms. The fraction of sp³-hybridized carbons (Fsp3) is 0.400. The van der Waals surface area contributed by atoms with Crippen molar-refractivity contribution in [1.29, 1.82) is 0 Å². The van der Waals surface area contributed by atoms with Crippen LogP contribution in [0.3, 0.4) is 0 Å². The molecule has 0 aromatic heterocycles. The first kappa shape index (κ1) is 12.1. The van der Waals surface area contributed by atoms with Crippen LogP contribution in [0.4, 0.5) is 11.4 Å². The first-order valence-corrected chi connectivity index (χ1v) is 4.97. The number of nitrogens with one attached hydrogen (secondary N) is 1. The van der Waals surface area contributed by atoms with Crippen LogP contribution in [-0.2, 0) is 4.74 Å². The van der Waals surface area contributed by atoms with Gasteiger partial charge in [-0.3, -0.25) is 0 Å². The summed E-state index contributed by atoms with van der Waals surface area (Å²) in [7, 11) is 1.58. The van der Waals surface area contributed by atoms with E-state index in [0.717, 1.165) is 0 Å². The molecule has 1 aromatic rings. The third kappa shape index (κ3) is 3.27. The lowest BCUT2D eigenvalue weighted by atomic mass is 10.2. The lowest BCUT2D eigenvalue weighted by Crippen LogP contribution is -2.29. The van der Waals surface area contributed by atoms with E-state index in [1.165, 1.54) is 0 Å². The zero-order valence-electron chi connectivity index (χ0n) is 8.53. The minimum Gasteiger partial charge on any atom is -0.396 e. The molecule has 4 N–H and O–H groups in total. The molecule has 5 heteroatoms. The molecule has 0 spiro atoms. The molecular weight excluding hydrogens is 216 g/mol. The van der Waals surface area contributed by atoms with E-state index < -0.39 is 0 Å². The Balaban J connectivity index is 2.74. The largest absolute Gasteiger partial charge is 0.396 e. The zero-order valence-corrected chi connectivity index (χ0v) is 9.29. The van der Waals surface area contributed by atoms with Crippen molar-refractivity contribution in [2.75, 3.05) is 31.4 Å². The lowest BCUT2D eigenvalue weighted by Gasteiger charge is -2.18. The summed E-state index contributed by atoms with van der Waals surface area (Å²) in [4.78, 5) is 0. The predicted molar refractivity (Wildman–Crippen MR) is 62.2 cm³/mol. The van der Waals surface area contributed by atoms with Gasteiger partial charge in [-0.05, 0) is 12.1 Å². The van der Waals surface area contributed by atoms with Crippen LogP contribution in [0.25, 0.3) is 0 Å². The van der Waals surface area contributed by atoms with Gasteiger partial charge in [0.05, 0.1) is 35.7 Å². The summed E-state index contributed by atoms with van der Waals surface area (Å²) >= 11 is 5.86. The van der Waals surface area contributed by atoms with E-state index in [0.29, 0.717) is 23.0 Å². The molecule has 1 atom stereocenters. The van der Waals surface area contributed by atoms with Crippen LogP contribution in [0.2, 0.25) is 5.02 Å². The molecule has 4 nitrogen and oxygen atoms in total. The van der Waals surface area contributed by atoms with Gasteiger partial charge in [0.25, 0.3) is 0 Å². The minimum absolute atomic E-state index is 0.0280. The summed E-state index contributed by atoms with van der Waals surface area (Å²) in [6, 6.07) is 5.13. The van der Waals surface area contributed by atoms with Crippen molar-refractivity contribution in [2.24, 2.45) is 0 Å². The highest BCUT2D eigenvalue weighted by Gasteiger charge is 2.09. The Morgan fingerprint density at radius 3 is 2.93 bits per heavy atom. The number of nitrogens with two attached hydrogens (primary N) is 1. The average Bonchev–Trinajstić information content (AvgIpc) is 2.24. The SMILES string of the molecule is COCC(CO)Nc1cccc(Cl)c1N. The summed E-state index contributed by atoms with van der Waals surface area (Å²) in [5.41, 5.74) is 6.95. The molecule has 1 unspecified atom stereocenters. The van der Waals surface area contributed by atoms with E-state index in [-0.39, 0.29) is 12.6 Å². The molecule has 0 saturated carbocycles. The van der Waals surface area contributed by atoms with Crippen molar-refractivity contribution < 1.29 is 9.84 Å². The van der Waals surface area contributed by atoms with Gasteiger partial charge in [0, 0.05) is 7.11 Å². The molecule has 0 aliphatic carbocycles. The van der Waals surface area contributed by atoms with Crippen molar-refractivity contribution in [3.63, 3.8) is 0 Å². The Morgan fingerprint density at radius 1 is 1.60 bits per heavy atom. The number of anilines is 2. The topological polar surface area (TPSA) is 67.5 Å². The molecule has 0 aliphatic heterocycles. The normalized spacial score (nSPS) is 12.5. The second-order valence-corrected chi connectivity index (χ2v) is 3.59. The lowest BCUT2D eigenvalue weighted by molar-refractivity contribution is 0.153. The molecule has 1 rings (SSSR count). The maximum absolute atomic E-state index is 9.06. The van der Waals surface area contributed by atoms with E-state index >= 15 is 0 Å². The van der Waals surface area contributed by atoms with Gasteiger partial charge in [-0.2, -0.15) is 0 Å². The second-order valence-electron chi connectivity index (χ2n) is 3.18. The number of ether oxygens (including phenoxy) is 1. The summed E-state index contributed by atoms with van der Waals surface area (Å²) in [6.45, 7) is 0.377. The quantitative estimate of drug-likeness (QED) is 0.668. The van der Waals surface area contributed by atoms with Crippen molar-refractivity contribution in [3.8, 4) is 0 Å². The molecular formula is C10H15ClN2O2. The Hall–Kier alpha value is -0.970. The second kappa shape index (κ2) is 5.80. The fourth-order valence-electron chi connectivity index (χ4n) is 1.22. The van der Waals surface area contributed by atoms with Crippen LogP contribution in [0, 0.1) is 0 Å². The monoisotopic (exact) mass is 230 g/mol. The van der Waals surface area contributed by atoms with E-state index in [4.69, 9.17) is 27.2 Å². The first-order chi connectivity index (χ1) is 7.19. The van der Waals surface area contributed by atoms with E-state index in [9.17, 15) is 0 Å². The number of nitrogen functional groups attached to an aromatic ring is 1. The molecule has 0 saturated heterocycles. The number of halogens is 1. The average molecular weight is 231 g/mol. The van der Waals surface area contributed by atoms with Crippen LogP contribution in [0.1, 0.15) is 0 Å². The van der Waals surface area contributed by atoms with E-state index in [1.807, 2.05) is 0 Å². The van der Waals surface area contributed by atoms with Crippen molar-refractivity contribution in [3.05, 3.63) is 23.2 Å². The smallest absolute Gasteiger partial charge is 0.0739 e. The Labute approximate surface area is 94.0 Å². The summed E-state index contributed by atoms with van der Waals surface area (Å²) < 4.78 is 4.94. The highest BCUT2D eigenvalue weighted by atomic mass is 35.5. The van der Waals surface area contributed by atoms with E-state index in [2.05, 4.69) is 5.32 Å². The zero-order chi connectivity index (χ0) is 11.3.